The van der Waals surface area contributed by atoms with Gasteiger partial charge >= 0.3 is 5.97 Å². The van der Waals surface area contributed by atoms with Gasteiger partial charge in [0, 0.05) is 5.56 Å². The van der Waals surface area contributed by atoms with E-state index in [1.807, 2.05) is 0 Å². The molecule has 102 valence electrons. The number of nitrogens with one attached hydrogen (secondary N) is 1. The molecule has 1 aromatic rings. The third-order valence-corrected chi connectivity index (χ3v) is 3.38. The molecule has 5 nitrogen and oxygen atoms in total. The molecule has 7 heteroatoms. The Morgan fingerprint density at radius 3 is 2.50 bits per heavy atom. The maximum Gasteiger partial charge on any atom is 0.351 e. The number of hydrogen-bond acceptors (Lipinski definition) is 4. The molecule has 0 spiro atoms. The van der Waals surface area contributed by atoms with Crippen LogP contribution in [0.5, 0.6) is 0 Å². The average molecular weight is 311 g/mol. The SMILES string of the molecule is CCOC(=O)/C(C#N)=C1\NC(=O)c2cc(Cl)c(Cl)cc21. The molecule has 1 aliphatic rings. The van der Waals surface area contributed by atoms with Gasteiger partial charge in [0.15, 0.2) is 5.57 Å². The first-order chi connectivity index (χ1) is 9.49. The lowest BCUT2D eigenvalue weighted by molar-refractivity contribution is -0.137. The summed E-state index contributed by atoms with van der Waals surface area (Å²) >= 11 is 11.7. The normalized spacial score (nSPS) is 15.2. The third-order valence-electron chi connectivity index (χ3n) is 2.65. The van der Waals surface area contributed by atoms with E-state index < -0.39 is 11.9 Å². The Kier molecular flexibility index (Phi) is 3.98. The Balaban J connectivity index is 2.64. The van der Waals surface area contributed by atoms with Crippen molar-refractivity contribution in [1.82, 2.24) is 5.32 Å². The Bertz CT molecular complexity index is 690. The Morgan fingerprint density at radius 2 is 1.95 bits per heavy atom. The van der Waals surface area contributed by atoms with Crippen molar-refractivity contribution in [3.8, 4) is 6.07 Å². The number of nitrogens with zero attached hydrogens (tertiary/aromatic N) is 1. The first-order valence-corrected chi connectivity index (χ1v) is 6.37. The zero-order chi connectivity index (χ0) is 14.9. The highest BCUT2D eigenvalue weighted by atomic mass is 35.5. The van der Waals surface area contributed by atoms with Crippen LogP contribution < -0.4 is 5.32 Å². The summed E-state index contributed by atoms with van der Waals surface area (Å²) in [4.78, 5) is 23.5. The van der Waals surface area contributed by atoms with Gasteiger partial charge in [0.05, 0.1) is 27.9 Å². The van der Waals surface area contributed by atoms with E-state index in [2.05, 4.69) is 5.32 Å². The van der Waals surface area contributed by atoms with Crippen molar-refractivity contribution in [3.05, 3.63) is 38.9 Å². The minimum Gasteiger partial charge on any atom is -0.462 e. The number of ether oxygens (including phenoxy) is 1. The monoisotopic (exact) mass is 310 g/mol. The third kappa shape index (κ3) is 2.36. The number of fused-ring (bicyclic) bond motifs is 1. The summed E-state index contributed by atoms with van der Waals surface area (Å²) < 4.78 is 4.78. The second kappa shape index (κ2) is 5.53. The lowest BCUT2D eigenvalue weighted by atomic mass is 10.1. The Hall–Kier alpha value is -2.03. The molecule has 1 N–H and O–H groups in total. The summed E-state index contributed by atoms with van der Waals surface area (Å²) in [6.45, 7) is 1.74. The number of rotatable bonds is 2. The molecule has 0 radical (unpaired) electrons. The van der Waals surface area contributed by atoms with Crippen LogP contribution in [0.4, 0.5) is 0 Å². The molecule has 0 saturated heterocycles. The molecule has 0 unspecified atom stereocenters. The van der Waals surface area contributed by atoms with Crippen LogP contribution in [0.15, 0.2) is 17.7 Å². The van der Waals surface area contributed by atoms with Gasteiger partial charge in [0.25, 0.3) is 5.91 Å². The molecule has 1 aromatic carbocycles. The second-order valence-electron chi connectivity index (χ2n) is 3.85. The lowest BCUT2D eigenvalue weighted by Gasteiger charge is -2.05. The van der Waals surface area contributed by atoms with Gasteiger partial charge in [0.1, 0.15) is 6.07 Å². The lowest BCUT2D eigenvalue weighted by Crippen LogP contribution is -2.17. The number of carbonyl (C=O) groups is 2. The van der Waals surface area contributed by atoms with Crippen molar-refractivity contribution in [1.29, 1.82) is 5.26 Å². The van der Waals surface area contributed by atoms with Crippen LogP contribution in [0, 0.1) is 11.3 Å². The summed E-state index contributed by atoms with van der Waals surface area (Å²) in [7, 11) is 0. The van der Waals surface area contributed by atoms with Crippen LogP contribution >= 0.6 is 23.2 Å². The van der Waals surface area contributed by atoms with Crippen molar-refractivity contribution in [3.63, 3.8) is 0 Å². The van der Waals surface area contributed by atoms with Crippen LogP contribution in [-0.2, 0) is 9.53 Å². The van der Waals surface area contributed by atoms with Crippen molar-refractivity contribution in [2.24, 2.45) is 0 Å². The summed E-state index contributed by atoms with van der Waals surface area (Å²) in [5.41, 5.74) is 0.419. The van der Waals surface area contributed by atoms with E-state index >= 15 is 0 Å². The van der Waals surface area contributed by atoms with Crippen LogP contribution in [-0.4, -0.2) is 18.5 Å². The highest BCUT2D eigenvalue weighted by Gasteiger charge is 2.30. The first kappa shape index (κ1) is 14.4. The Labute approximate surface area is 124 Å². The van der Waals surface area contributed by atoms with Crippen molar-refractivity contribution >= 4 is 40.8 Å². The molecule has 0 aromatic heterocycles. The van der Waals surface area contributed by atoms with Crippen LogP contribution in [0.3, 0.4) is 0 Å². The summed E-state index contributed by atoms with van der Waals surface area (Å²) in [5.74, 6) is -1.25. The summed E-state index contributed by atoms with van der Waals surface area (Å²) in [5, 5.41) is 12.0. The van der Waals surface area contributed by atoms with Gasteiger partial charge in [0.2, 0.25) is 0 Å². The molecule has 0 fully saturated rings. The van der Waals surface area contributed by atoms with Gasteiger partial charge in [-0.2, -0.15) is 5.26 Å². The molecule has 1 heterocycles. The fourth-order valence-electron chi connectivity index (χ4n) is 1.79. The fourth-order valence-corrected chi connectivity index (χ4v) is 2.12. The molecule has 0 saturated carbocycles. The minimum absolute atomic E-state index is 0.0875. The van der Waals surface area contributed by atoms with Gasteiger partial charge in [-0.15, -0.1) is 0 Å². The van der Waals surface area contributed by atoms with Gasteiger partial charge in [-0.25, -0.2) is 4.79 Å². The first-order valence-electron chi connectivity index (χ1n) is 5.61. The van der Waals surface area contributed by atoms with Crippen molar-refractivity contribution in [2.75, 3.05) is 6.61 Å². The zero-order valence-electron chi connectivity index (χ0n) is 10.3. The van der Waals surface area contributed by atoms with Gasteiger partial charge < -0.3 is 10.1 Å². The van der Waals surface area contributed by atoms with Crippen LogP contribution in [0.2, 0.25) is 10.0 Å². The molecule has 20 heavy (non-hydrogen) atoms. The largest absolute Gasteiger partial charge is 0.462 e. The maximum atomic E-state index is 11.8. The average Bonchev–Trinajstić information content (AvgIpc) is 2.69. The van der Waals surface area contributed by atoms with Gasteiger partial charge in [-0.05, 0) is 19.1 Å². The number of benzene rings is 1. The molecular weight excluding hydrogens is 303 g/mol. The smallest absolute Gasteiger partial charge is 0.351 e. The molecule has 0 aliphatic carbocycles. The highest BCUT2D eigenvalue weighted by Crippen LogP contribution is 2.34. The topological polar surface area (TPSA) is 79.2 Å². The van der Waals surface area contributed by atoms with E-state index in [4.69, 9.17) is 33.2 Å². The fraction of sp³-hybridized carbons (Fsp3) is 0.154. The van der Waals surface area contributed by atoms with Crippen molar-refractivity contribution < 1.29 is 14.3 Å². The predicted octanol–water partition coefficient (Wildman–Crippen LogP) is 2.53. The minimum atomic E-state index is -0.802. The zero-order valence-corrected chi connectivity index (χ0v) is 11.8. The molecule has 1 aliphatic heterocycles. The van der Waals surface area contributed by atoms with E-state index in [0.29, 0.717) is 5.56 Å². The van der Waals surface area contributed by atoms with Crippen LogP contribution in [0.1, 0.15) is 22.8 Å². The van der Waals surface area contributed by atoms with E-state index in [1.165, 1.54) is 12.1 Å². The molecule has 0 bridgehead atoms. The van der Waals surface area contributed by atoms with E-state index in [1.54, 1.807) is 13.0 Å². The predicted molar refractivity (Wildman–Crippen MR) is 73.1 cm³/mol. The number of amides is 1. The summed E-state index contributed by atoms with van der Waals surface area (Å²) in [6, 6.07) is 4.56. The number of esters is 1. The van der Waals surface area contributed by atoms with Crippen molar-refractivity contribution in [2.45, 2.75) is 6.92 Å². The summed E-state index contributed by atoms with van der Waals surface area (Å²) in [6.07, 6.45) is 0. The van der Waals surface area contributed by atoms with E-state index in [-0.39, 0.29) is 33.5 Å². The number of hydrogen-bond donors (Lipinski definition) is 1. The highest BCUT2D eigenvalue weighted by molar-refractivity contribution is 6.42. The van der Waals surface area contributed by atoms with Crippen LogP contribution in [0.25, 0.3) is 5.70 Å². The molecule has 0 atom stereocenters. The van der Waals surface area contributed by atoms with E-state index in [9.17, 15) is 9.59 Å². The Morgan fingerprint density at radius 1 is 1.35 bits per heavy atom. The number of nitriles is 1. The standard InChI is InChI=1S/C13H8Cl2N2O3/c1-2-20-13(19)8(5-16)11-6-3-9(14)10(15)4-7(6)12(18)17-11/h3-4H,2H2,1H3,(H,17,18)/b11-8-. The quantitative estimate of drug-likeness (QED) is 0.517. The van der Waals surface area contributed by atoms with Gasteiger partial charge in [-0.1, -0.05) is 23.2 Å². The molecule has 2 rings (SSSR count). The number of carbonyl (C=O) groups excluding carboxylic acids is 2. The second-order valence-corrected chi connectivity index (χ2v) is 4.66. The maximum absolute atomic E-state index is 11.8. The van der Waals surface area contributed by atoms with Gasteiger partial charge in [-0.3, -0.25) is 4.79 Å². The number of halogens is 2. The van der Waals surface area contributed by atoms with E-state index in [0.717, 1.165) is 0 Å². The molecular formula is C13H8Cl2N2O3. The molecule has 1 amide bonds.